The molecule has 2 aromatic rings. The normalized spacial score (nSPS) is 13.1. The lowest BCUT2D eigenvalue weighted by Crippen LogP contribution is -2.05. The number of aromatic amines is 1. The number of nitrogens with one attached hydrogen (secondary N) is 1. The third kappa shape index (κ3) is 2.24. The smallest absolute Gasteiger partial charge is 0.327 e. The summed E-state index contributed by atoms with van der Waals surface area (Å²) in [6.07, 6.45) is 0. The van der Waals surface area contributed by atoms with Crippen LogP contribution in [-0.2, 0) is 14.7 Å². The molecule has 0 aliphatic rings. The van der Waals surface area contributed by atoms with Crippen molar-refractivity contribution >= 4 is 34.1 Å². The van der Waals surface area contributed by atoms with Crippen LogP contribution in [0.1, 0.15) is 0 Å². The molecule has 17 heavy (non-hydrogen) atoms. The average molecular weight is 278 g/mol. The van der Waals surface area contributed by atoms with Crippen molar-refractivity contribution in [2.75, 3.05) is 0 Å². The fourth-order valence-corrected chi connectivity index (χ4v) is 2.52. The maximum absolute atomic E-state index is 11.1. The highest BCUT2D eigenvalue weighted by Crippen LogP contribution is 2.35. The van der Waals surface area contributed by atoms with Crippen molar-refractivity contribution in [3.05, 3.63) is 18.2 Å². The third-order valence-corrected chi connectivity index (χ3v) is 3.70. The van der Waals surface area contributed by atoms with E-state index in [2.05, 4.69) is 9.97 Å². The Hall–Kier alpha value is -1.25. The summed E-state index contributed by atoms with van der Waals surface area (Å²) in [7, 11) is -9.11. The number of benzene rings is 1. The molecule has 92 valence electrons. The highest BCUT2D eigenvalue weighted by molar-refractivity contribution is 7.85. The molecular weight excluding hydrogens is 271 g/mol. The number of H-pyrrole nitrogens is 1. The van der Waals surface area contributed by atoms with Crippen molar-refractivity contribution in [3.8, 4) is 0 Å². The van der Waals surface area contributed by atoms with Crippen LogP contribution in [0.4, 0.5) is 0 Å². The summed E-state index contributed by atoms with van der Waals surface area (Å²) in [6.45, 7) is 0. The molecule has 0 spiro atoms. The number of hydrogen-bond donors (Lipinski definition) is 4. The van der Waals surface area contributed by atoms with Crippen LogP contribution >= 0.6 is 7.60 Å². The number of fused-ring (bicyclic) bond motifs is 1. The van der Waals surface area contributed by atoms with Crippen LogP contribution in [0.15, 0.2) is 23.4 Å². The Morgan fingerprint density at radius 3 is 2.47 bits per heavy atom. The monoisotopic (exact) mass is 278 g/mol. The van der Waals surface area contributed by atoms with Gasteiger partial charge in [0.2, 0.25) is 0 Å². The Bertz CT molecular complexity index is 730. The largest absolute Gasteiger partial charge is 0.358 e. The summed E-state index contributed by atoms with van der Waals surface area (Å²) < 4.78 is 41.6. The van der Waals surface area contributed by atoms with Crippen LogP contribution in [0, 0.1) is 0 Å². The highest BCUT2D eigenvalue weighted by Gasteiger charge is 2.24. The topological polar surface area (TPSA) is 141 Å². The van der Waals surface area contributed by atoms with Gasteiger partial charge in [-0.3, -0.25) is 9.12 Å². The van der Waals surface area contributed by atoms with Gasteiger partial charge in [-0.2, -0.15) is 8.42 Å². The zero-order valence-corrected chi connectivity index (χ0v) is 9.81. The first-order chi connectivity index (χ1) is 7.69. The maximum Gasteiger partial charge on any atom is 0.358 e. The molecule has 4 N–H and O–H groups in total. The number of rotatable bonds is 2. The van der Waals surface area contributed by atoms with E-state index >= 15 is 0 Å². The van der Waals surface area contributed by atoms with Gasteiger partial charge in [0, 0.05) is 0 Å². The van der Waals surface area contributed by atoms with E-state index in [1.807, 2.05) is 0 Å². The Morgan fingerprint density at radius 1 is 1.29 bits per heavy atom. The van der Waals surface area contributed by atoms with E-state index < -0.39 is 28.2 Å². The lowest BCUT2D eigenvalue weighted by atomic mass is 10.3. The molecule has 8 nitrogen and oxygen atoms in total. The van der Waals surface area contributed by atoms with Crippen LogP contribution in [0.3, 0.4) is 0 Å². The van der Waals surface area contributed by atoms with Gasteiger partial charge >= 0.3 is 17.7 Å². The lowest BCUT2D eigenvalue weighted by molar-refractivity contribution is 0.387. The molecule has 0 radical (unpaired) electrons. The minimum atomic E-state index is -4.56. The van der Waals surface area contributed by atoms with Crippen LogP contribution < -0.4 is 5.30 Å². The molecule has 1 aromatic carbocycles. The third-order valence-electron chi connectivity index (χ3n) is 2.03. The fourth-order valence-electron chi connectivity index (χ4n) is 1.35. The summed E-state index contributed by atoms with van der Waals surface area (Å²) in [5.74, 6) is 0. The highest BCUT2D eigenvalue weighted by atomic mass is 32.2. The predicted octanol–water partition coefficient (Wildman–Crippen LogP) is -0.387. The van der Waals surface area contributed by atoms with Gasteiger partial charge in [0.1, 0.15) is 5.52 Å². The Labute approximate surface area is 95.2 Å². The Kier molecular flexibility index (Phi) is 2.60. The number of imidazole rings is 1. The molecule has 1 heterocycles. The van der Waals surface area contributed by atoms with E-state index in [0.29, 0.717) is 0 Å². The van der Waals surface area contributed by atoms with Gasteiger partial charge < -0.3 is 14.8 Å². The molecule has 0 saturated heterocycles. The average Bonchev–Trinajstić information content (AvgIpc) is 2.57. The minimum absolute atomic E-state index is 0.110. The van der Waals surface area contributed by atoms with Crippen molar-refractivity contribution in [2.24, 2.45) is 0 Å². The van der Waals surface area contributed by atoms with Crippen LogP contribution in [-0.4, -0.2) is 32.7 Å². The molecule has 0 atom stereocenters. The Morgan fingerprint density at radius 2 is 1.94 bits per heavy atom. The van der Waals surface area contributed by atoms with E-state index in [9.17, 15) is 13.0 Å². The van der Waals surface area contributed by atoms with Crippen molar-refractivity contribution < 1.29 is 27.3 Å². The first-order valence-electron chi connectivity index (χ1n) is 4.22. The quantitative estimate of drug-likeness (QED) is 0.433. The molecule has 0 amide bonds. The molecule has 0 fully saturated rings. The predicted molar refractivity (Wildman–Crippen MR) is 57.6 cm³/mol. The summed E-state index contributed by atoms with van der Waals surface area (Å²) in [4.78, 5) is 23.8. The van der Waals surface area contributed by atoms with E-state index in [0.717, 1.165) is 6.07 Å². The number of nitrogens with zero attached hydrogens (tertiary/aromatic N) is 1. The molecule has 0 saturated carbocycles. The van der Waals surface area contributed by atoms with Gasteiger partial charge in [-0.1, -0.05) is 6.07 Å². The Balaban J connectivity index is 2.83. The zero-order valence-electron chi connectivity index (χ0n) is 8.10. The van der Waals surface area contributed by atoms with Gasteiger partial charge in [0.25, 0.3) is 5.16 Å². The van der Waals surface area contributed by atoms with Gasteiger partial charge in [0.15, 0.2) is 0 Å². The van der Waals surface area contributed by atoms with Crippen molar-refractivity contribution in [1.82, 2.24) is 9.97 Å². The standard InChI is InChI=1S/C7H7N2O6PS/c10-16(11,12)5-3-1-2-4-6(5)9-7(8-4)17(13,14)15/h1-3H,(H,8,9)(H2,10,11,12)(H,13,14,15). The second-order valence-electron chi connectivity index (χ2n) is 3.23. The second-order valence-corrected chi connectivity index (χ2v) is 6.14. The van der Waals surface area contributed by atoms with Gasteiger partial charge in [0.05, 0.1) is 10.8 Å². The fraction of sp³-hybridized carbons (Fsp3) is 0. The van der Waals surface area contributed by atoms with Gasteiger partial charge in [-0.15, -0.1) is 0 Å². The minimum Gasteiger partial charge on any atom is -0.327 e. The lowest BCUT2D eigenvalue weighted by Gasteiger charge is -2.03. The van der Waals surface area contributed by atoms with Crippen molar-refractivity contribution in [1.29, 1.82) is 0 Å². The molecule has 10 heteroatoms. The number of aromatic nitrogens is 2. The molecule has 0 unspecified atom stereocenters. The first kappa shape index (κ1) is 12.2. The van der Waals surface area contributed by atoms with Gasteiger partial charge in [-0.05, 0) is 12.1 Å². The maximum atomic E-state index is 11.1. The van der Waals surface area contributed by atoms with Crippen LogP contribution in [0.25, 0.3) is 11.0 Å². The van der Waals surface area contributed by atoms with Gasteiger partial charge in [-0.25, -0.2) is 4.98 Å². The number of para-hydroxylation sites is 1. The van der Waals surface area contributed by atoms with E-state index in [1.165, 1.54) is 12.1 Å². The van der Waals surface area contributed by atoms with E-state index in [4.69, 9.17) is 14.3 Å². The molecule has 1 aromatic heterocycles. The summed E-state index contributed by atoms with van der Waals surface area (Å²) in [5, 5.41) is -1.16. The molecule has 2 rings (SSSR count). The molecule has 0 aliphatic heterocycles. The van der Waals surface area contributed by atoms with E-state index in [-0.39, 0.29) is 11.0 Å². The SMILES string of the molecule is O=P(O)(O)c1cccc2[nH]c(S(=O)(=O)O)nc12. The summed E-state index contributed by atoms with van der Waals surface area (Å²) in [6, 6.07) is 3.86. The zero-order chi connectivity index (χ0) is 12.8. The van der Waals surface area contributed by atoms with Crippen LogP contribution in [0.5, 0.6) is 0 Å². The molecule has 0 aliphatic carbocycles. The summed E-state index contributed by atoms with van der Waals surface area (Å²) >= 11 is 0. The number of hydrogen-bond acceptors (Lipinski definition) is 4. The van der Waals surface area contributed by atoms with E-state index in [1.54, 1.807) is 0 Å². The summed E-state index contributed by atoms with van der Waals surface area (Å²) in [5.41, 5.74) is -0.0769. The molecule has 0 bridgehead atoms. The van der Waals surface area contributed by atoms with Crippen molar-refractivity contribution in [2.45, 2.75) is 5.16 Å². The second kappa shape index (κ2) is 3.62. The van der Waals surface area contributed by atoms with Crippen LogP contribution in [0.2, 0.25) is 0 Å². The van der Waals surface area contributed by atoms with Crippen molar-refractivity contribution in [3.63, 3.8) is 0 Å². The first-order valence-corrected chi connectivity index (χ1v) is 7.27. The molecular formula is C7H7N2O6PS.